The van der Waals surface area contributed by atoms with E-state index >= 15 is 0 Å². The van der Waals surface area contributed by atoms with Gasteiger partial charge in [-0.3, -0.25) is 9.79 Å². The number of para-hydroxylation sites is 2. The van der Waals surface area contributed by atoms with Gasteiger partial charge in [0.25, 0.3) is 0 Å². The first-order chi connectivity index (χ1) is 12.7. The molecule has 7 nitrogen and oxygen atoms in total. The maximum Gasteiger partial charge on any atom is 0.308 e. The third kappa shape index (κ3) is 4.33. The van der Waals surface area contributed by atoms with Crippen LogP contribution in [-0.2, 0) is 16.0 Å². The first-order valence-corrected chi connectivity index (χ1v) is 9.26. The summed E-state index contributed by atoms with van der Waals surface area (Å²) in [4.78, 5) is 26.6. The molecule has 2 N–H and O–H groups in total. The number of ether oxygens (including phenoxy) is 1. The van der Waals surface area contributed by atoms with Gasteiger partial charge < -0.3 is 19.9 Å². The van der Waals surface area contributed by atoms with Gasteiger partial charge in [0.05, 0.1) is 24.1 Å². The Morgan fingerprint density at radius 3 is 2.85 bits per heavy atom. The number of nitrogens with zero attached hydrogens (tertiary/aromatic N) is 3. The molecule has 1 aromatic heterocycles. The van der Waals surface area contributed by atoms with E-state index in [0.717, 1.165) is 61.7 Å². The van der Waals surface area contributed by atoms with E-state index in [2.05, 4.69) is 27.1 Å². The number of carbonyl (C=O) groups is 1. The lowest BCUT2D eigenvalue weighted by Gasteiger charge is -2.33. The highest BCUT2D eigenvalue weighted by atomic mass is 16.5. The minimum Gasteiger partial charge on any atom is -0.469 e. The predicted molar refractivity (Wildman–Crippen MR) is 102 cm³/mol. The van der Waals surface area contributed by atoms with E-state index < -0.39 is 0 Å². The average Bonchev–Trinajstić information content (AvgIpc) is 3.09. The Labute approximate surface area is 153 Å². The Hall–Kier alpha value is -2.57. The quantitative estimate of drug-likeness (QED) is 0.486. The summed E-state index contributed by atoms with van der Waals surface area (Å²) >= 11 is 0. The Balaban J connectivity index is 1.58. The molecule has 140 valence electrons. The molecular formula is C19H27N5O2. The second-order valence-corrected chi connectivity index (χ2v) is 6.47. The zero-order valence-electron chi connectivity index (χ0n) is 15.5. The topological polar surface area (TPSA) is 82.6 Å². The number of esters is 1. The minimum absolute atomic E-state index is 0.00896. The number of carbonyl (C=O) groups excluding carboxylic acids is 1. The van der Waals surface area contributed by atoms with Crippen LogP contribution in [0.5, 0.6) is 0 Å². The van der Waals surface area contributed by atoms with Gasteiger partial charge in [-0.25, -0.2) is 4.98 Å². The molecule has 0 unspecified atom stereocenters. The molecule has 3 rings (SSSR count). The number of aromatic amines is 1. The number of piperidine rings is 1. The van der Waals surface area contributed by atoms with Crippen molar-refractivity contribution in [3.05, 3.63) is 30.1 Å². The fraction of sp³-hybridized carbons (Fsp3) is 0.526. The predicted octanol–water partition coefficient (Wildman–Crippen LogP) is 1.96. The van der Waals surface area contributed by atoms with Crippen molar-refractivity contribution in [2.45, 2.75) is 26.2 Å². The third-order valence-electron chi connectivity index (χ3n) is 4.71. The zero-order valence-corrected chi connectivity index (χ0v) is 15.5. The highest BCUT2D eigenvalue weighted by Crippen LogP contribution is 2.18. The van der Waals surface area contributed by atoms with Crippen LogP contribution in [0.3, 0.4) is 0 Å². The summed E-state index contributed by atoms with van der Waals surface area (Å²) < 4.78 is 4.86. The van der Waals surface area contributed by atoms with Crippen molar-refractivity contribution in [2.75, 3.05) is 33.3 Å². The van der Waals surface area contributed by atoms with Gasteiger partial charge in [-0.15, -0.1) is 0 Å². The molecule has 1 aromatic carbocycles. The summed E-state index contributed by atoms with van der Waals surface area (Å²) in [5.74, 6) is 1.77. The molecular weight excluding hydrogens is 330 g/mol. The van der Waals surface area contributed by atoms with Crippen molar-refractivity contribution in [1.82, 2.24) is 20.2 Å². The van der Waals surface area contributed by atoms with E-state index in [0.29, 0.717) is 6.54 Å². The lowest BCUT2D eigenvalue weighted by Crippen LogP contribution is -2.46. The van der Waals surface area contributed by atoms with E-state index in [-0.39, 0.29) is 11.9 Å². The Morgan fingerprint density at radius 1 is 1.38 bits per heavy atom. The van der Waals surface area contributed by atoms with Crippen molar-refractivity contribution in [3.63, 3.8) is 0 Å². The molecule has 26 heavy (non-hydrogen) atoms. The van der Waals surface area contributed by atoms with Crippen molar-refractivity contribution < 1.29 is 9.53 Å². The molecule has 2 heterocycles. The fourth-order valence-electron chi connectivity index (χ4n) is 3.31. The van der Waals surface area contributed by atoms with Crippen LogP contribution >= 0.6 is 0 Å². The number of fused-ring (bicyclic) bond motifs is 1. The van der Waals surface area contributed by atoms with Crippen LogP contribution in [0.15, 0.2) is 29.3 Å². The number of rotatable bonds is 5. The van der Waals surface area contributed by atoms with Crippen molar-refractivity contribution in [3.8, 4) is 0 Å². The Morgan fingerprint density at radius 2 is 2.15 bits per heavy atom. The number of aromatic nitrogens is 2. The summed E-state index contributed by atoms with van der Waals surface area (Å²) in [6, 6.07) is 8.04. The minimum atomic E-state index is -0.100. The van der Waals surface area contributed by atoms with Gasteiger partial charge in [-0.1, -0.05) is 12.1 Å². The number of hydrogen-bond acceptors (Lipinski definition) is 4. The molecule has 1 aliphatic heterocycles. The lowest BCUT2D eigenvalue weighted by molar-refractivity contribution is -0.146. The van der Waals surface area contributed by atoms with Crippen LogP contribution in [0.2, 0.25) is 0 Å². The van der Waals surface area contributed by atoms with Gasteiger partial charge in [0.2, 0.25) is 0 Å². The standard InChI is InChI=1S/C19H27N5O2/c1-3-20-19(24-12-9-14(10-13-24)18(25)26-2)21-11-8-17-22-15-6-4-5-7-16(15)23-17/h4-7,14H,3,8-13H2,1-2H3,(H,20,21)(H,22,23). The molecule has 0 bridgehead atoms. The molecule has 1 aliphatic rings. The number of aliphatic imine (C=N–C) groups is 1. The fourth-order valence-corrected chi connectivity index (χ4v) is 3.31. The molecule has 0 amide bonds. The highest BCUT2D eigenvalue weighted by molar-refractivity contribution is 5.80. The monoisotopic (exact) mass is 357 g/mol. The van der Waals surface area contributed by atoms with Crippen LogP contribution in [0.4, 0.5) is 0 Å². The molecule has 0 aliphatic carbocycles. The van der Waals surface area contributed by atoms with Crippen molar-refractivity contribution in [2.24, 2.45) is 10.9 Å². The van der Waals surface area contributed by atoms with Gasteiger partial charge in [-0.05, 0) is 31.9 Å². The molecule has 2 aromatic rings. The van der Waals surface area contributed by atoms with Crippen molar-refractivity contribution in [1.29, 1.82) is 0 Å². The van der Waals surface area contributed by atoms with Crippen LogP contribution < -0.4 is 5.32 Å². The number of methoxy groups -OCH3 is 1. The number of nitrogens with one attached hydrogen (secondary N) is 2. The second kappa shape index (κ2) is 8.69. The number of imidazole rings is 1. The number of guanidine groups is 1. The SMILES string of the molecule is CCNC(=NCCc1nc2ccccc2[nH]1)N1CCC(C(=O)OC)CC1. The van der Waals surface area contributed by atoms with E-state index in [1.165, 1.54) is 7.11 Å². The molecule has 7 heteroatoms. The average molecular weight is 357 g/mol. The van der Waals surface area contributed by atoms with Gasteiger partial charge in [0.15, 0.2) is 5.96 Å². The number of benzene rings is 1. The lowest BCUT2D eigenvalue weighted by atomic mass is 9.97. The van der Waals surface area contributed by atoms with E-state index in [9.17, 15) is 4.79 Å². The maximum absolute atomic E-state index is 11.7. The number of H-pyrrole nitrogens is 1. The largest absolute Gasteiger partial charge is 0.469 e. The number of likely N-dealkylation sites (tertiary alicyclic amines) is 1. The smallest absolute Gasteiger partial charge is 0.308 e. The summed E-state index contributed by atoms with van der Waals surface area (Å²) in [5.41, 5.74) is 2.05. The number of hydrogen-bond donors (Lipinski definition) is 2. The van der Waals surface area contributed by atoms with Gasteiger partial charge in [0.1, 0.15) is 5.82 Å². The van der Waals surface area contributed by atoms with Crippen molar-refractivity contribution >= 4 is 23.0 Å². The van der Waals surface area contributed by atoms with Gasteiger partial charge in [0, 0.05) is 32.6 Å². The summed E-state index contributed by atoms with van der Waals surface area (Å²) in [6.45, 7) is 5.18. The second-order valence-electron chi connectivity index (χ2n) is 6.47. The Bertz CT molecular complexity index is 729. The zero-order chi connectivity index (χ0) is 18.4. The van der Waals surface area contributed by atoms with Gasteiger partial charge >= 0.3 is 5.97 Å². The van der Waals surface area contributed by atoms with E-state index in [1.807, 2.05) is 24.3 Å². The maximum atomic E-state index is 11.7. The van der Waals surface area contributed by atoms with Crippen LogP contribution in [0.1, 0.15) is 25.6 Å². The molecule has 0 saturated carbocycles. The molecule has 0 spiro atoms. The molecule has 1 saturated heterocycles. The van der Waals surface area contributed by atoms with E-state index in [1.54, 1.807) is 0 Å². The third-order valence-corrected chi connectivity index (χ3v) is 4.71. The van der Waals surface area contributed by atoms with Crippen LogP contribution in [0, 0.1) is 5.92 Å². The first-order valence-electron chi connectivity index (χ1n) is 9.26. The Kier molecular flexibility index (Phi) is 6.09. The molecule has 0 radical (unpaired) electrons. The summed E-state index contributed by atoms with van der Waals surface area (Å²) in [5, 5.41) is 3.35. The van der Waals surface area contributed by atoms with E-state index in [4.69, 9.17) is 9.73 Å². The van der Waals surface area contributed by atoms with Crippen LogP contribution in [-0.4, -0.2) is 60.1 Å². The normalized spacial score (nSPS) is 16.1. The van der Waals surface area contributed by atoms with Gasteiger partial charge in [-0.2, -0.15) is 0 Å². The molecule has 0 atom stereocenters. The highest BCUT2D eigenvalue weighted by Gasteiger charge is 2.26. The first kappa shape index (κ1) is 18.2. The molecule has 1 fully saturated rings. The van der Waals surface area contributed by atoms with Crippen LogP contribution in [0.25, 0.3) is 11.0 Å². The summed E-state index contributed by atoms with van der Waals surface area (Å²) in [6.07, 6.45) is 2.38. The summed E-state index contributed by atoms with van der Waals surface area (Å²) in [7, 11) is 1.46.